The quantitative estimate of drug-likeness (QED) is 0.799. The SMILES string of the molecule is C=CCOC(=O)Nc1cc(C)c(C(=O)O)c(C)n1. The van der Waals surface area contributed by atoms with Crippen LogP contribution >= 0.6 is 0 Å². The lowest BCUT2D eigenvalue weighted by Crippen LogP contribution is -2.16. The number of carbonyl (C=O) groups is 2. The van der Waals surface area contributed by atoms with Gasteiger partial charge in [-0.15, -0.1) is 0 Å². The zero-order chi connectivity index (χ0) is 13.7. The molecule has 0 saturated carbocycles. The zero-order valence-corrected chi connectivity index (χ0v) is 10.2. The van der Waals surface area contributed by atoms with Crippen LogP contribution in [0.2, 0.25) is 0 Å². The van der Waals surface area contributed by atoms with E-state index in [1.54, 1.807) is 13.8 Å². The second-order valence-electron chi connectivity index (χ2n) is 3.60. The van der Waals surface area contributed by atoms with Gasteiger partial charge >= 0.3 is 12.1 Å². The van der Waals surface area contributed by atoms with E-state index in [9.17, 15) is 9.59 Å². The molecule has 1 amide bonds. The van der Waals surface area contributed by atoms with Crippen LogP contribution in [0.3, 0.4) is 0 Å². The summed E-state index contributed by atoms with van der Waals surface area (Å²) in [6.45, 7) is 6.71. The molecule has 0 unspecified atom stereocenters. The number of aryl methyl sites for hydroxylation is 2. The number of ether oxygens (including phenoxy) is 1. The number of carbonyl (C=O) groups excluding carboxylic acids is 1. The largest absolute Gasteiger partial charge is 0.478 e. The molecule has 0 saturated heterocycles. The standard InChI is InChI=1S/C12H14N2O4/c1-4-5-18-12(17)14-9-6-7(2)10(11(15)16)8(3)13-9/h4,6H,1,5H2,2-3H3,(H,15,16)(H,13,14,17). The molecule has 0 aromatic carbocycles. The fourth-order valence-corrected chi connectivity index (χ4v) is 1.49. The number of anilines is 1. The number of aromatic carboxylic acids is 1. The molecule has 0 aliphatic carbocycles. The Hall–Kier alpha value is -2.37. The van der Waals surface area contributed by atoms with Gasteiger partial charge in [0.1, 0.15) is 12.4 Å². The lowest BCUT2D eigenvalue weighted by atomic mass is 10.1. The van der Waals surface area contributed by atoms with Crippen LogP contribution < -0.4 is 5.32 Å². The van der Waals surface area contributed by atoms with Gasteiger partial charge in [-0.3, -0.25) is 5.32 Å². The molecule has 1 aromatic heterocycles. The van der Waals surface area contributed by atoms with Gasteiger partial charge in [0.25, 0.3) is 0 Å². The number of nitrogens with zero attached hydrogens (tertiary/aromatic N) is 1. The van der Waals surface area contributed by atoms with Gasteiger partial charge in [0.05, 0.1) is 11.3 Å². The van der Waals surface area contributed by atoms with Gasteiger partial charge in [0.2, 0.25) is 0 Å². The summed E-state index contributed by atoms with van der Waals surface area (Å²) in [5.41, 5.74) is 0.996. The van der Waals surface area contributed by atoms with E-state index in [1.807, 2.05) is 0 Å². The summed E-state index contributed by atoms with van der Waals surface area (Å²) in [4.78, 5) is 26.2. The van der Waals surface area contributed by atoms with E-state index in [4.69, 9.17) is 9.84 Å². The van der Waals surface area contributed by atoms with Gasteiger partial charge < -0.3 is 9.84 Å². The van der Waals surface area contributed by atoms with Crippen molar-refractivity contribution < 1.29 is 19.4 Å². The highest BCUT2D eigenvalue weighted by Gasteiger charge is 2.14. The van der Waals surface area contributed by atoms with Crippen LogP contribution in [0.1, 0.15) is 21.6 Å². The predicted molar refractivity (Wildman–Crippen MR) is 65.8 cm³/mol. The fraction of sp³-hybridized carbons (Fsp3) is 0.250. The molecule has 0 spiro atoms. The van der Waals surface area contributed by atoms with Crippen molar-refractivity contribution in [2.45, 2.75) is 13.8 Å². The minimum Gasteiger partial charge on any atom is -0.478 e. The highest BCUT2D eigenvalue weighted by Crippen LogP contribution is 2.16. The lowest BCUT2D eigenvalue weighted by molar-refractivity contribution is 0.0695. The Kier molecular flexibility index (Phi) is 4.42. The van der Waals surface area contributed by atoms with Crippen LogP contribution in [-0.2, 0) is 4.74 Å². The van der Waals surface area contributed by atoms with Crippen molar-refractivity contribution in [2.24, 2.45) is 0 Å². The average Bonchev–Trinajstić information content (AvgIpc) is 2.24. The second kappa shape index (κ2) is 5.81. The van der Waals surface area contributed by atoms with Crippen molar-refractivity contribution in [2.75, 3.05) is 11.9 Å². The molecular formula is C12H14N2O4. The van der Waals surface area contributed by atoms with Crippen LogP contribution in [-0.4, -0.2) is 28.8 Å². The number of carboxylic acids is 1. The van der Waals surface area contributed by atoms with Gasteiger partial charge in [-0.2, -0.15) is 0 Å². The topological polar surface area (TPSA) is 88.5 Å². The second-order valence-corrected chi connectivity index (χ2v) is 3.60. The molecule has 0 aliphatic heterocycles. The maximum atomic E-state index is 11.3. The Bertz CT molecular complexity index is 474. The van der Waals surface area contributed by atoms with Crippen molar-refractivity contribution in [1.82, 2.24) is 4.98 Å². The van der Waals surface area contributed by atoms with E-state index in [0.29, 0.717) is 11.3 Å². The highest BCUT2D eigenvalue weighted by molar-refractivity contribution is 5.91. The summed E-state index contributed by atoms with van der Waals surface area (Å²) in [6.07, 6.45) is 0.779. The van der Waals surface area contributed by atoms with Crippen LogP contribution in [0.25, 0.3) is 0 Å². The van der Waals surface area contributed by atoms with Crippen molar-refractivity contribution in [3.63, 3.8) is 0 Å². The first-order valence-electron chi connectivity index (χ1n) is 5.22. The molecule has 0 atom stereocenters. The third kappa shape index (κ3) is 3.31. The Morgan fingerprint density at radius 3 is 2.72 bits per heavy atom. The minimum absolute atomic E-state index is 0.0943. The summed E-state index contributed by atoms with van der Waals surface area (Å²) in [5, 5.41) is 11.4. The van der Waals surface area contributed by atoms with Gasteiger partial charge in [-0.1, -0.05) is 12.7 Å². The van der Waals surface area contributed by atoms with Gasteiger partial charge in [-0.25, -0.2) is 14.6 Å². The van der Waals surface area contributed by atoms with E-state index in [2.05, 4.69) is 16.9 Å². The molecular weight excluding hydrogens is 236 g/mol. The molecule has 1 rings (SSSR count). The zero-order valence-electron chi connectivity index (χ0n) is 10.2. The number of amides is 1. The van der Waals surface area contributed by atoms with E-state index < -0.39 is 12.1 Å². The van der Waals surface area contributed by atoms with Crippen molar-refractivity contribution in [3.05, 3.63) is 35.5 Å². The molecule has 0 fully saturated rings. The number of hydrogen-bond donors (Lipinski definition) is 2. The molecule has 6 heteroatoms. The first kappa shape index (κ1) is 13.7. The first-order chi connectivity index (χ1) is 8.45. The Morgan fingerprint density at radius 2 is 2.22 bits per heavy atom. The molecule has 96 valence electrons. The molecule has 1 aromatic rings. The number of nitrogens with one attached hydrogen (secondary N) is 1. The van der Waals surface area contributed by atoms with E-state index >= 15 is 0 Å². The third-order valence-corrected chi connectivity index (χ3v) is 2.17. The van der Waals surface area contributed by atoms with E-state index in [-0.39, 0.29) is 18.0 Å². The van der Waals surface area contributed by atoms with Gasteiger partial charge in [-0.05, 0) is 25.5 Å². The van der Waals surface area contributed by atoms with Crippen LogP contribution in [0.15, 0.2) is 18.7 Å². The summed E-state index contributed by atoms with van der Waals surface area (Å²) in [7, 11) is 0. The molecule has 6 nitrogen and oxygen atoms in total. The summed E-state index contributed by atoms with van der Waals surface area (Å²) in [5.74, 6) is -0.789. The summed E-state index contributed by atoms with van der Waals surface area (Å²) in [6, 6.07) is 1.48. The van der Waals surface area contributed by atoms with Crippen molar-refractivity contribution in [3.8, 4) is 0 Å². The number of pyridine rings is 1. The molecule has 0 bridgehead atoms. The van der Waals surface area contributed by atoms with Gasteiger partial charge in [0, 0.05) is 0 Å². The summed E-state index contributed by atoms with van der Waals surface area (Å²) >= 11 is 0. The van der Waals surface area contributed by atoms with Crippen molar-refractivity contribution >= 4 is 17.9 Å². The monoisotopic (exact) mass is 250 g/mol. The maximum absolute atomic E-state index is 11.3. The maximum Gasteiger partial charge on any atom is 0.413 e. The van der Waals surface area contributed by atoms with E-state index in [0.717, 1.165) is 0 Å². The van der Waals surface area contributed by atoms with Gasteiger partial charge in [0.15, 0.2) is 0 Å². The van der Waals surface area contributed by atoms with Crippen molar-refractivity contribution in [1.29, 1.82) is 0 Å². The van der Waals surface area contributed by atoms with Crippen LogP contribution in [0.4, 0.5) is 10.6 Å². The van der Waals surface area contributed by atoms with Crippen LogP contribution in [0.5, 0.6) is 0 Å². The molecule has 0 radical (unpaired) electrons. The summed E-state index contributed by atoms with van der Waals surface area (Å²) < 4.78 is 4.73. The Labute approximate surface area is 104 Å². The molecule has 1 heterocycles. The minimum atomic E-state index is -1.04. The first-order valence-corrected chi connectivity index (χ1v) is 5.22. The average molecular weight is 250 g/mol. The lowest BCUT2D eigenvalue weighted by Gasteiger charge is -2.09. The molecule has 0 aliphatic rings. The number of rotatable bonds is 4. The smallest absolute Gasteiger partial charge is 0.413 e. The Morgan fingerprint density at radius 1 is 1.56 bits per heavy atom. The highest BCUT2D eigenvalue weighted by atomic mass is 16.5. The fourth-order valence-electron chi connectivity index (χ4n) is 1.49. The molecule has 2 N–H and O–H groups in total. The third-order valence-electron chi connectivity index (χ3n) is 2.17. The normalized spacial score (nSPS) is 9.67. The molecule has 18 heavy (non-hydrogen) atoms. The predicted octanol–water partition coefficient (Wildman–Crippen LogP) is 2.13. The number of carboxylic acid groups (broad SMARTS) is 1. The number of aromatic nitrogens is 1. The van der Waals surface area contributed by atoms with Crippen LogP contribution in [0, 0.1) is 13.8 Å². The van der Waals surface area contributed by atoms with E-state index in [1.165, 1.54) is 12.1 Å². The number of hydrogen-bond acceptors (Lipinski definition) is 4. The Balaban J connectivity index is 2.90.